The number of aliphatic hydroxyl groups excluding tert-OH is 1. The summed E-state index contributed by atoms with van der Waals surface area (Å²) in [7, 11) is -3.62. The molecule has 0 unspecified atom stereocenters. The highest BCUT2D eigenvalue weighted by Crippen LogP contribution is 2.42. The zero-order valence-corrected chi connectivity index (χ0v) is 11.8. The first kappa shape index (κ1) is 13.9. The van der Waals surface area contributed by atoms with Gasteiger partial charge in [-0.25, -0.2) is 13.1 Å². The molecule has 1 aromatic rings. The Morgan fingerprint density at radius 1 is 1.61 bits per heavy atom. The number of aliphatic hydroxyl groups is 1. The topological polar surface area (TPSA) is 95.1 Å². The molecule has 1 aliphatic rings. The summed E-state index contributed by atoms with van der Waals surface area (Å²) in [5.41, 5.74) is 0.286. The first-order valence-corrected chi connectivity index (χ1v) is 8.42. The van der Waals surface area contributed by atoms with Gasteiger partial charge in [0.05, 0.1) is 12.8 Å². The molecule has 1 fully saturated rings. The number of rotatable bonds is 6. The maximum atomic E-state index is 12.1. The van der Waals surface area contributed by atoms with Crippen LogP contribution in [0.5, 0.6) is 0 Å². The van der Waals surface area contributed by atoms with Crippen LogP contribution in [0.3, 0.4) is 0 Å². The number of aromatic nitrogens is 2. The van der Waals surface area contributed by atoms with Gasteiger partial charge in [-0.3, -0.25) is 5.10 Å². The number of hydrogen-bond acceptors (Lipinski definition) is 5. The number of H-pyrrole nitrogens is 1. The smallest absolute Gasteiger partial charge is 0.257 e. The second-order valence-electron chi connectivity index (χ2n) is 4.45. The minimum Gasteiger partial charge on any atom is -0.392 e. The van der Waals surface area contributed by atoms with E-state index < -0.39 is 10.0 Å². The molecule has 0 spiro atoms. The van der Waals surface area contributed by atoms with Gasteiger partial charge in [0.2, 0.25) is 0 Å². The molecule has 0 aliphatic heterocycles. The van der Waals surface area contributed by atoms with Gasteiger partial charge >= 0.3 is 0 Å². The van der Waals surface area contributed by atoms with Gasteiger partial charge in [0.25, 0.3) is 10.0 Å². The highest BCUT2D eigenvalue weighted by Gasteiger charge is 2.37. The second kappa shape index (κ2) is 5.20. The molecule has 1 aliphatic carbocycles. The second-order valence-corrected chi connectivity index (χ2v) is 7.43. The summed E-state index contributed by atoms with van der Waals surface area (Å²) in [6, 6.07) is 0. The van der Waals surface area contributed by atoms with E-state index in [0.717, 1.165) is 19.3 Å². The third-order valence-corrected chi connectivity index (χ3v) is 6.23. The van der Waals surface area contributed by atoms with Crippen LogP contribution in [0, 0.1) is 0 Å². The fourth-order valence-corrected chi connectivity index (χ4v) is 4.22. The van der Waals surface area contributed by atoms with E-state index in [2.05, 4.69) is 14.9 Å². The Hall–Kier alpha value is -0.570. The molecular formula is C10H17N3O3S2. The van der Waals surface area contributed by atoms with E-state index in [1.54, 1.807) is 11.8 Å². The summed E-state index contributed by atoms with van der Waals surface area (Å²) in [4.78, 5) is 0. The lowest BCUT2D eigenvalue weighted by atomic mass is 9.84. The Balaban J connectivity index is 2.08. The standard InChI is InChI=1S/C10H17N3O3S2/c1-17-10(3-2-4-10)7-12-18(15,16)9-8(6-14)5-11-13-9/h5,12,14H,2-4,6-7H2,1H3,(H,11,13). The van der Waals surface area contributed by atoms with Gasteiger partial charge in [-0.15, -0.1) is 0 Å². The van der Waals surface area contributed by atoms with Crippen LogP contribution in [-0.4, -0.2) is 41.3 Å². The summed E-state index contributed by atoms with van der Waals surface area (Å²) in [6.07, 6.45) is 6.54. The van der Waals surface area contributed by atoms with E-state index in [1.165, 1.54) is 6.20 Å². The molecule has 8 heteroatoms. The highest BCUT2D eigenvalue weighted by molar-refractivity contribution is 8.00. The summed E-state index contributed by atoms with van der Waals surface area (Å²) in [6.45, 7) is 0.0702. The Morgan fingerprint density at radius 2 is 2.33 bits per heavy atom. The van der Waals surface area contributed by atoms with Gasteiger partial charge in [0.1, 0.15) is 0 Å². The largest absolute Gasteiger partial charge is 0.392 e. The van der Waals surface area contributed by atoms with Crippen LogP contribution in [-0.2, 0) is 16.6 Å². The van der Waals surface area contributed by atoms with Crippen molar-refractivity contribution in [3.8, 4) is 0 Å². The number of aromatic amines is 1. The SMILES string of the molecule is CSC1(CNS(=O)(=O)c2[nH]ncc2CO)CCC1. The van der Waals surface area contributed by atoms with Crippen LogP contribution in [0.2, 0.25) is 0 Å². The van der Waals surface area contributed by atoms with Gasteiger partial charge in [0.15, 0.2) is 5.03 Å². The molecule has 0 saturated heterocycles. The molecule has 0 radical (unpaired) electrons. The zero-order valence-electron chi connectivity index (χ0n) is 10.1. The maximum Gasteiger partial charge on any atom is 0.257 e. The molecule has 1 saturated carbocycles. The number of hydrogen-bond donors (Lipinski definition) is 3. The number of sulfonamides is 1. The average Bonchev–Trinajstić information content (AvgIpc) is 2.77. The predicted molar refractivity (Wildman–Crippen MR) is 69.8 cm³/mol. The van der Waals surface area contributed by atoms with Crippen molar-refractivity contribution in [2.24, 2.45) is 0 Å². The molecule has 2 rings (SSSR count). The molecule has 0 atom stereocenters. The average molecular weight is 291 g/mol. The monoisotopic (exact) mass is 291 g/mol. The Kier molecular flexibility index (Phi) is 4.00. The van der Waals surface area contributed by atoms with Crippen molar-refractivity contribution in [2.45, 2.75) is 35.6 Å². The van der Waals surface area contributed by atoms with Crippen molar-refractivity contribution >= 4 is 21.8 Å². The summed E-state index contributed by atoms with van der Waals surface area (Å²) < 4.78 is 26.8. The third-order valence-electron chi connectivity index (χ3n) is 3.40. The minimum atomic E-state index is -3.62. The van der Waals surface area contributed by atoms with Gasteiger partial charge in [-0.1, -0.05) is 6.42 Å². The van der Waals surface area contributed by atoms with E-state index in [1.807, 2.05) is 6.26 Å². The van der Waals surface area contributed by atoms with Crippen molar-refractivity contribution < 1.29 is 13.5 Å². The molecule has 0 amide bonds. The summed E-state index contributed by atoms with van der Waals surface area (Å²) in [5.74, 6) is 0. The molecule has 6 nitrogen and oxygen atoms in total. The molecule has 0 aromatic carbocycles. The third kappa shape index (κ3) is 2.56. The van der Waals surface area contributed by atoms with Gasteiger partial charge in [0, 0.05) is 16.9 Å². The van der Waals surface area contributed by atoms with E-state index in [4.69, 9.17) is 5.11 Å². The van der Waals surface area contributed by atoms with E-state index in [0.29, 0.717) is 6.54 Å². The number of nitrogens with one attached hydrogen (secondary N) is 2. The van der Waals surface area contributed by atoms with Crippen LogP contribution >= 0.6 is 11.8 Å². The van der Waals surface area contributed by atoms with Gasteiger partial charge in [-0.2, -0.15) is 16.9 Å². The molecule has 1 aromatic heterocycles. The molecule has 0 bridgehead atoms. The Labute approximate surface area is 111 Å². The number of nitrogens with zero attached hydrogens (tertiary/aromatic N) is 1. The van der Waals surface area contributed by atoms with E-state index in [9.17, 15) is 8.42 Å². The number of thioether (sulfide) groups is 1. The van der Waals surface area contributed by atoms with Crippen molar-refractivity contribution in [2.75, 3.05) is 12.8 Å². The molecule has 3 N–H and O–H groups in total. The van der Waals surface area contributed by atoms with Crippen LogP contribution in [0.15, 0.2) is 11.2 Å². The van der Waals surface area contributed by atoms with Gasteiger partial charge < -0.3 is 5.11 Å². The fraction of sp³-hybridized carbons (Fsp3) is 0.700. The molecule has 1 heterocycles. The molecule has 18 heavy (non-hydrogen) atoms. The highest BCUT2D eigenvalue weighted by atomic mass is 32.2. The molecule has 102 valence electrons. The van der Waals surface area contributed by atoms with E-state index >= 15 is 0 Å². The lowest BCUT2D eigenvalue weighted by molar-refractivity contribution is 0.278. The first-order chi connectivity index (χ1) is 8.53. The van der Waals surface area contributed by atoms with Crippen molar-refractivity contribution in [3.05, 3.63) is 11.8 Å². The van der Waals surface area contributed by atoms with Crippen LogP contribution in [0.25, 0.3) is 0 Å². The van der Waals surface area contributed by atoms with Crippen LogP contribution < -0.4 is 4.72 Å². The molecular weight excluding hydrogens is 274 g/mol. The predicted octanol–water partition coefficient (Wildman–Crippen LogP) is 0.466. The summed E-state index contributed by atoms with van der Waals surface area (Å²) >= 11 is 1.70. The van der Waals surface area contributed by atoms with Crippen molar-refractivity contribution in [1.82, 2.24) is 14.9 Å². The summed E-state index contributed by atoms with van der Waals surface area (Å²) in [5, 5.41) is 15.1. The zero-order chi connectivity index (χ0) is 13.2. The fourth-order valence-electron chi connectivity index (χ4n) is 1.97. The Bertz CT molecular complexity index is 503. The van der Waals surface area contributed by atoms with Gasteiger partial charge in [-0.05, 0) is 19.1 Å². The van der Waals surface area contributed by atoms with Crippen molar-refractivity contribution in [3.63, 3.8) is 0 Å². The normalized spacial score (nSPS) is 18.6. The maximum absolute atomic E-state index is 12.1. The quantitative estimate of drug-likeness (QED) is 0.708. The lowest BCUT2D eigenvalue weighted by Crippen LogP contribution is -2.45. The van der Waals surface area contributed by atoms with Crippen LogP contribution in [0.1, 0.15) is 24.8 Å². The van der Waals surface area contributed by atoms with Crippen LogP contribution in [0.4, 0.5) is 0 Å². The van der Waals surface area contributed by atoms with E-state index in [-0.39, 0.29) is 21.9 Å². The minimum absolute atomic E-state index is 0.0342. The lowest BCUT2D eigenvalue weighted by Gasteiger charge is -2.40. The first-order valence-electron chi connectivity index (χ1n) is 5.71. The Morgan fingerprint density at radius 3 is 2.83 bits per heavy atom. The van der Waals surface area contributed by atoms with Crippen molar-refractivity contribution in [1.29, 1.82) is 0 Å².